The van der Waals surface area contributed by atoms with E-state index in [9.17, 15) is 0 Å². The Morgan fingerprint density at radius 3 is 2.59 bits per heavy atom. The summed E-state index contributed by atoms with van der Waals surface area (Å²) in [5.41, 5.74) is 0.754. The molecule has 0 spiro atoms. The fraction of sp³-hybridized carbons (Fsp3) is 0. The van der Waals surface area contributed by atoms with Crippen LogP contribution in [0, 0.1) is 0 Å². The van der Waals surface area contributed by atoms with E-state index in [1.807, 2.05) is 6.07 Å². The number of halogens is 1. The van der Waals surface area contributed by atoms with Crippen LogP contribution in [0.2, 0.25) is 5.22 Å². The minimum absolute atomic E-state index is 0.279. The summed E-state index contributed by atoms with van der Waals surface area (Å²) in [5, 5.41) is 8.07. The van der Waals surface area contributed by atoms with E-state index in [-0.39, 0.29) is 11.1 Å². The topological polar surface area (TPSA) is 65.0 Å². The van der Waals surface area contributed by atoms with Crippen molar-refractivity contribution in [1.29, 1.82) is 0 Å². The standard InChI is InChI=1S/C11H6ClN3O2/c12-9-4-3-8(16-9)11-15-14-10(17-11)7-2-1-5-13-6-7/h1-6H. The highest BCUT2D eigenvalue weighted by Gasteiger charge is 2.13. The lowest BCUT2D eigenvalue weighted by atomic mass is 10.3. The van der Waals surface area contributed by atoms with Gasteiger partial charge in [-0.3, -0.25) is 4.98 Å². The van der Waals surface area contributed by atoms with Crippen LogP contribution in [-0.4, -0.2) is 15.2 Å². The Hall–Kier alpha value is -2.14. The molecule has 0 aliphatic heterocycles. The summed E-state index contributed by atoms with van der Waals surface area (Å²) in [6.45, 7) is 0. The first-order valence-electron chi connectivity index (χ1n) is 4.82. The van der Waals surface area contributed by atoms with Crippen LogP contribution < -0.4 is 0 Å². The number of pyridine rings is 1. The van der Waals surface area contributed by atoms with Crippen LogP contribution in [0.25, 0.3) is 23.1 Å². The summed E-state index contributed by atoms with van der Waals surface area (Å²) in [7, 11) is 0. The Morgan fingerprint density at radius 1 is 1.00 bits per heavy atom. The van der Waals surface area contributed by atoms with Gasteiger partial charge < -0.3 is 8.83 Å². The zero-order valence-corrected chi connectivity index (χ0v) is 9.26. The minimum atomic E-state index is 0.279. The molecule has 0 aliphatic rings. The third-order valence-electron chi connectivity index (χ3n) is 2.12. The number of aromatic nitrogens is 3. The molecule has 0 atom stereocenters. The molecule has 5 nitrogen and oxygen atoms in total. The van der Waals surface area contributed by atoms with Crippen molar-refractivity contribution in [2.45, 2.75) is 0 Å². The van der Waals surface area contributed by atoms with Gasteiger partial charge in [0.2, 0.25) is 5.89 Å². The number of hydrogen-bond acceptors (Lipinski definition) is 5. The van der Waals surface area contributed by atoms with Crippen LogP contribution in [-0.2, 0) is 0 Å². The van der Waals surface area contributed by atoms with Gasteiger partial charge in [-0.15, -0.1) is 10.2 Å². The summed E-state index contributed by atoms with van der Waals surface area (Å²) < 4.78 is 10.6. The van der Waals surface area contributed by atoms with Crippen molar-refractivity contribution in [3.05, 3.63) is 41.9 Å². The summed E-state index contributed by atoms with van der Waals surface area (Å²) in [6, 6.07) is 6.91. The average molecular weight is 248 g/mol. The predicted octanol–water partition coefficient (Wildman–Crippen LogP) is 3.05. The van der Waals surface area contributed by atoms with Gasteiger partial charge in [-0.25, -0.2) is 0 Å². The van der Waals surface area contributed by atoms with Gasteiger partial charge in [-0.2, -0.15) is 0 Å². The molecule has 3 rings (SSSR count). The van der Waals surface area contributed by atoms with Crippen molar-refractivity contribution in [2.75, 3.05) is 0 Å². The quantitative estimate of drug-likeness (QED) is 0.696. The number of rotatable bonds is 2. The second-order valence-corrected chi connectivity index (χ2v) is 3.63. The summed E-state index contributed by atoms with van der Waals surface area (Å²) >= 11 is 5.67. The predicted molar refractivity (Wildman–Crippen MR) is 60.2 cm³/mol. The molecule has 3 aromatic rings. The van der Waals surface area contributed by atoms with Crippen molar-refractivity contribution in [3.63, 3.8) is 0 Å². The molecule has 0 saturated carbocycles. The second kappa shape index (κ2) is 4.03. The van der Waals surface area contributed by atoms with E-state index in [1.54, 1.807) is 30.6 Å². The molecule has 0 N–H and O–H groups in total. The van der Waals surface area contributed by atoms with Crippen LogP contribution in [0.1, 0.15) is 0 Å². The van der Waals surface area contributed by atoms with Gasteiger partial charge in [0.15, 0.2) is 11.0 Å². The van der Waals surface area contributed by atoms with Gasteiger partial charge in [-0.05, 0) is 35.9 Å². The molecular formula is C11H6ClN3O2. The van der Waals surface area contributed by atoms with Gasteiger partial charge in [-0.1, -0.05) is 0 Å². The maximum Gasteiger partial charge on any atom is 0.283 e. The normalized spacial score (nSPS) is 10.6. The lowest BCUT2D eigenvalue weighted by Gasteiger charge is -1.90. The van der Waals surface area contributed by atoms with Crippen LogP contribution in [0.15, 0.2) is 45.5 Å². The average Bonchev–Trinajstić information content (AvgIpc) is 2.98. The molecule has 3 aromatic heterocycles. The van der Waals surface area contributed by atoms with E-state index in [2.05, 4.69) is 15.2 Å². The highest BCUT2D eigenvalue weighted by molar-refractivity contribution is 6.28. The fourth-order valence-electron chi connectivity index (χ4n) is 1.36. The third-order valence-corrected chi connectivity index (χ3v) is 2.32. The Kier molecular flexibility index (Phi) is 2.38. The third kappa shape index (κ3) is 1.92. The molecule has 0 aliphatic carbocycles. The Morgan fingerprint density at radius 2 is 1.88 bits per heavy atom. The number of furan rings is 1. The van der Waals surface area contributed by atoms with Crippen LogP contribution in [0.5, 0.6) is 0 Å². The number of hydrogen-bond donors (Lipinski definition) is 0. The van der Waals surface area contributed by atoms with E-state index in [0.717, 1.165) is 5.56 Å². The summed E-state index contributed by atoms with van der Waals surface area (Å²) in [4.78, 5) is 3.97. The first-order chi connectivity index (χ1) is 8.33. The van der Waals surface area contributed by atoms with Crippen LogP contribution >= 0.6 is 11.6 Å². The van der Waals surface area contributed by atoms with Gasteiger partial charge >= 0.3 is 0 Å². The minimum Gasteiger partial charge on any atom is -0.440 e. The molecule has 0 bridgehead atoms. The molecule has 0 amide bonds. The van der Waals surface area contributed by atoms with Crippen molar-refractivity contribution in [1.82, 2.24) is 15.2 Å². The largest absolute Gasteiger partial charge is 0.440 e. The molecule has 6 heteroatoms. The van der Waals surface area contributed by atoms with Gasteiger partial charge in [0.05, 0.1) is 5.56 Å². The SMILES string of the molecule is Clc1ccc(-c2nnc(-c3cccnc3)o2)o1. The van der Waals surface area contributed by atoms with Crippen molar-refractivity contribution < 1.29 is 8.83 Å². The highest BCUT2D eigenvalue weighted by Crippen LogP contribution is 2.26. The summed E-state index contributed by atoms with van der Waals surface area (Å²) in [6.07, 6.45) is 3.32. The molecule has 84 valence electrons. The highest BCUT2D eigenvalue weighted by atomic mass is 35.5. The molecule has 0 unspecified atom stereocenters. The maximum atomic E-state index is 5.67. The molecule has 0 aromatic carbocycles. The van der Waals surface area contributed by atoms with E-state index in [4.69, 9.17) is 20.4 Å². The van der Waals surface area contributed by atoms with E-state index < -0.39 is 0 Å². The Balaban J connectivity index is 1.99. The van der Waals surface area contributed by atoms with Crippen LogP contribution in [0.4, 0.5) is 0 Å². The van der Waals surface area contributed by atoms with E-state index in [1.165, 1.54) is 0 Å². The first kappa shape index (κ1) is 10.0. The van der Waals surface area contributed by atoms with Gasteiger partial charge in [0, 0.05) is 12.4 Å². The Bertz CT molecular complexity index is 633. The summed E-state index contributed by atoms with van der Waals surface area (Å²) in [5.74, 6) is 1.12. The zero-order valence-electron chi connectivity index (χ0n) is 8.50. The van der Waals surface area contributed by atoms with Gasteiger partial charge in [0.1, 0.15) is 0 Å². The second-order valence-electron chi connectivity index (χ2n) is 3.26. The molecular weight excluding hydrogens is 242 g/mol. The number of nitrogens with zero attached hydrogens (tertiary/aromatic N) is 3. The molecule has 0 radical (unpaired) electrons. The van der Waals surface area contributed by atoms with E-state index in [0.29, 0.717) is 11.7 Å². The fourth-order valence-corrected chi connectivity index (χ4v) is 1.50. The van der Waals surface area contributed by atoms with Crippen molar-refractivity contribution >= 4 is 11.6 Å². The van der Waals surface area contributed by atoms with Gasteiger partial charge in [0.25, 0.3) is 5.89 Å². The molecule has 3 heterocycles. The first-order valence-corrected chi connectivity index (χ1v) is 5.20. The monoisotopic (exact) mass is 247 g/mol. The molecule has 0 saturated heterocycles. The Labute approximate surface area is 101 Å². The smallest absolute Gasteiger partial charge is 0.283 e. The van der Waals surface area contributed by atoms with E-state index >= 15 is 0 Å². The molecule has 17 heavy (non-hydrogen) atoms. The maximum absolute atomic E-state index is 5.67. The van der Waals surface area contributed by atoms with Crippen molar-refractivity contribution in [3.8, 4) is 23.1 Å². The molecule has 0 fully saturated rings. The van der Waals surface area contributed by atoms with Crippen LogP contribution in [0.3, 0.4) is 0 Å². The van der Waals surface area contributed by atoms with Crippen molar-refractivity contribution in [2.24, 2.45) is 0 Å². The zero-order chi connectivity index (χ0) is 11.7. The lowest BCUT2D eigenvalue weighted by molar-refractivity contribution is 0.524. The lowest BCUT2D eigenvalue weighted by Crippen LogP contribution is -1.78.